The highest BCUT2D eigenvalue weighted by atomic mass is 16.2. The quantitative estimate of drug-likeness (QED) is 0.793. The highest BCUT2D eigenvalue weighted by molar-refractivity contribution is 6.09. The van der Waals surface area contributed by atoms with Gasteiger partial charge in [0.2, 0.25) is 5.91 Å². The molecule has 0 radical (unpaired) electrons. The number of benzene rings is 1. The fraction of sp³-hybridized carbons (Fsp3) is 0.550. The Morgan fingerprint density at radius 1 is 1.31 bits per heavy atom. The van der Waals surface area contributed by atoms with Gasteiger partial charge in [-0.1, -0.05) is 44.0 Å². The minimum atomic E-state index is -0.809. The van der Waals surface area contributed by atoms with Crippen molar-refractivity contribution in [2.75, 3.05) is 13.1 Å². The van der Waals surface area contributed by atoms with E-state index in [1.165, 1.54) is 11.1 Å². The number of hydrogen-bond donors (Lipinski definition) is 2. The van der Waals surface area contributed by atoms with E-state index in [4.69, 9.17) is 0 Å². The van der Waals surface area contributed by atoms with Crippen LogP contribution in [0, 0.1) is 12.8 Å². The molecule has 1 aromatic carbocycles. The van der Waals surface area contributed by atoms with Crippen LogP contribution in [-0.4, -0.2) is 41.4 Å². The Hall–Kier alpha value is -2.37. The molecule has 1 spiro atoms. The summed E-state index contributed by atoms with van der Waals surface area (Å²) in [6.45, 7) is 4.31. The summed E-state index contributed by atoms with van der Waals surface area (Å²) in [4.78, 5) is 38.4. The van der Waals surface area contributed by atoms with E-state index in [-0.39, 0.29) is 24.3 Å². The van der Waals surface area contributed by atoms with Crippen LogP contribution in [0.4, 0.5) is 4.79 Å². The molecule has 2 aliphatic rings. The molecule has 1 aliphatic heterocycles. The maximum atomic E-state index is 12.8. The van der Waals surface area contributed by atoms with E-state index in [0.29, 0.717) is 13.0 Å². The van der Waals surface area contributed by atoms with Crippen molar-refractivity contribution in [1.82, 2.24) is 15.5 Å². The number of rotatable bonds is 5. The highest BCUT2D eigenvalue weighted by Gasteiger charge is 2.55. The number of carbonyl (C=O) groups excluding carboxylic acids is 3. The normalized spacial score (nSPS) is 25.5. The van der Waals surface area contributed by atoms with Crippen molar-refractivity contribution in [1.29, 1.82) is 0 Å². The Morgan fingerprint density at radius 3 is 2.81 bits per heavy atom. The lowest BCUT2D eigenvalue weighted by molar-refractivity contribution is -0.137. The van der Waals surface area contributed by atoms with Crippen LogP contribution < -0.4 is 10.6 Å². The van der Waals surface area contributed by atoms with Gasteiger partial charge >= 0.3 is 6.03 Å². The molecule has 1 aromatic rings. The smallest absolute Gasteiger partial charge is 0.325 e. The average Bonchev–Trinajstić information content (AvgIpc) is 2.84. The lowest BCUT2D eigenvalue weighted by Gasteiger charge is -2.36. The maximum absolute atomic E-state index is 12.8. The van der Waals surface area contributed by atoms with Gasteiger partial charge in [-0.25, -0.2) is 4.79 Å². The minimum Gasteiger partial charge on any atom is -0.354 e. The van der Waals surface area contributed by atoms with E-state index in [2.05, 4.69) is 10.6 Å². The van der Waals surface area contributed by atoms with Gasteiger partial charge in [-0.15, -0.1) is 0 Å². The summed E-state index contributed by atoms with van der Waals surface area (Å²) < 4.78 is 0. The highest BCUT2D eigenvalue weighted by Crippen LogP contribution is 2.38. The summed E-state index contributed by atoms with van der Waals surface area (Å²) >= 11 is 0. The first-order chi connectivity index (χ1) is 12.4. The summed E-state index contributed by atoms with van der Waals surface area (Å²) in [6.07, 6.45) is 4.30. The molecule has 0 bridgehead atoms. The first-order valence-corrected chi connectivity index (χ1v) is 9.39. The minimum absolute atomic E-state index is 0.0989. The number of amides is 4. The molecule has 26 heavy (non-hydrogen) atoms. The number of hydrogen-bond acceptors (Lipinski definition) is 3. The zero-order valence-electron chi connectivity index (χ0n) is 15.5. The molecule has 2 N–H and O–H groups in total. The van der Waals surface area contributed by atoms with Crippen molar-refractivity contribution in [2.24, 2.45) is 5.92 Å². The standard InChI is InChI=1S/C20H27N3O3/c1-14-7-3-4-9-16(14)10-12-21-17(24)13-23-18(25)20(22-19(23)26)11-6-5-8-15(20)2/h3-4,7,9,15H,5-6,8,10-13H2,1-2H3,(H,21,24)(H,22,26)/t15-,20-/m1/s1. The Labute approximate surface area is 154 Å². The van der Waals surface area contributed by atoms with Crippen molar-refractivity contribution >= 4 is 17.8 Å². The molecule has 1 aliphatic carbocycles. The van der Waals surface area contributed by atoms with Gasteiger partial charge in [-0.3, -0.25) is 14.5 Å². The monoisotopic (exact) mass is 357 g/mol. The average molecular weight is 357 g/mol. The van der Waals surface area contributed by atoms with Crippen LogP contribution in [0.2, 0.25) is 0 Å². The SMILES string of the molecule is Cc1ccccc1CCNC(=O)CN1C(=O)N[C@@]2(CCCC[C@H]2C)C1=O. The molecule has 0 unspecified atom stereocenters. The molecule has 3 rings (SSSR count). The zero-order valence-corrected chi connectivity index (χ0v) is 15.5. The Morgan fingerprint density at radius 2 is 2.08 bits per heavy atom. The number of imide groups is 1. The predicted octanol–water partition coefficient (Wildman–Crippen LogP) is 2.15. The second-order valence-electron chi connectivity index (χ2n) is 7.47. The number of urea groups is 1. The van der Waals surface area contributed by atoms with Gasteiger partial charge in [0.15, 0.2) is 0 Å². The third-order valence-electron chi connectivity index (χ3n) is 5.78. The van der Waals surface area contributed by atoms with Crippen molar-refractivity contribution in [3.63, 3.8) is 0 Å². The van der Waals surface area contributed by atoms with Gasteiger partial charge in [0, 0.05) is 6.54 Å². The van der Waals surface area contributed by atoms with Gasteiger partial charge in [0.05, 0.1) is 0 Å². The molecule has 6 heteroatoms. The van der Waals surface area contributed by atoms with Gasteiger partial charge in [-0.05, 0) is 43.2 Å². The van der Waals surface area contributed by atoms with Crippen LogP contribution in [0.5, 0.6) is 0 Å². The molecule has 2 fully saturated rings. The molecule has 1 heterocycles. The van der Waals surface area contributed by atoms with E-state index >= 15 is 0 Å². The molecule has 4 amide bonds. The van der Waals surface area contributed by atoms with Crippen LogP contribution >= 0.6 is 0 Å². The number of nitrogens with one attached hydrogen (secondary N) is 2. The largest absolute Gasteiger partial charge is 0.354 e. The lowest BCUT2D eigenvalue weighted by atomic mass is 9.73. The van der Waals surface area contributed by atoms with E-state index in [9.17, 15) is 14.4 Å². The van der Waals surface area contributed by atoms with Gasteiger partial charge in [0.1, 0.15) is 12.1 Å². The second kappa shape index (κ2) is 7.48. The van der Waals surface area contributed by atoms with Crippen LogP contribution in [0.3, 0.4) is 0 Å². The lowest BCUT2D eigenvalue weighted by Crippen LogP contribution is -2.54. The van der Waals surface area contributed by atoms with Crippen molar-refractivity contribution in [2.45, 2.75) is 51.5 Å². The third-order valence-corrected chi connectivity index (χ3v) is 5.78. The molecule has 1 saturated carbocycles. The summed E-state index contributed by atoms with van der Waals surface area (Å²) in [7, 11) is 0. The fourth-order valence-electron chi connectivity index (χ4n) is 4.07. The topological polar surface area (TPSA) is 78.5 Å². The number of nitrogens with zero attached hydrogens (tertiary/aromatic N) is 1. The molecular weight excluding hydrogens is 330 g/mol. The van der Waals surface area contributed by atoms with Crippen LogP contribution in [0.1, 0.15) is 43.7 Å². The van der Waals surface area contributed by atoms with Crippen molar-refractivity contribution in [3.05, 3.63) is 35.4 Å². The Bertz CT molecular complexity index is 718. The number of carbonyl (C=O) groups is 3. The summed E-state index contributed by atoms with van der Waals surface area (Å²) in [5, 5.41) is 5.69. The summed E-state index contributed by atoms with van der Waals surface area (Å²) in [6, 6.07) is 7.58. The van der Waals surface area contributed by atoms with E-state index in [0.717, 1.165) is 30.6 Å². The third kappa shape index (κ3) is 3.45. The van der Waals surface area contributed by atoms with Gasteiger partial charge < -0.3 is 10.6 Å². The van der Waals surface area contributed by atoms with Crippen LogP contribution in [0.25, 0.3) is 0 Å². The first kappa shape index (κ1) is 18.4. The van der Waals surface area contributed by atoms with E-state index in [1.807, 2.05) is 38.1 Å². The first-order valence-electron chi connectivity index (χ1n) is 9.39. The van der Waals surface area contributed by atoms with E-state index < -0.39 is 11.6 Å². The Kier molecular flexibility index (Phi) is 5.30. The number of aryl methyl sites for hydroxylation is 1. The molecule has 1 saturated heterocycles. The molecule has 6 nitrogen and oxygen atoms in total. The second-order valence-corrected chi connectivity index (χ2v) is 7.47. The van der Waals surface area contributed by atoms with Crippen molar-refractivity contribution < 1.29 is 14.4 Å². The molecule has 2 atom stereocenters. The maximum Gasteiger partial charge on any atom is 0.325 e. The van der Waals surface area contributed by atoms with Crippen molar-refractivity contribution in [3.8, 4) is 0 Å². The van der Waals surface area contributed by atoms with Crippen LogP contribution in [0.15, 0.2) is 24.3 Å². The van der Waals surface area contributed by atoms with Crippen LogP contribution in [-0.2, 0) is 16.0 Å². The molecular formula is C20H27N3O3. The van der Waals surface area contributed by atoms with E-state index in [1.54, 1.807) is 0 Å². The summed E-state index contributed by atoms with van der Waals surface area (Å²) in [5.74, 6) is -0.451. The molecule has 0 aromatic heterocycles. The summed E-state index contributed by atoms with van der Waals surface area (Å²) in [5.41, 5.74) is 1.55. The van der Waals surface area contributed by atoms with Gasteiger partial charge in [-0.2, -0.15) is 0 Å². The fourth-order valence-corrected chi connectivity index (χ4v) is 4.07. The predicted molar refractivity (Wildman–Crippen MR) is 98.5 cm³/mol. The zero-order chi connectivity index (χ0) is 18.7. The Balaban J connectivity index is 1.55. The molecule has 140 valence electrons. The van der Waals surface area contributed by atoms with Gasteiger partial charge in [0.25, 0.3) is 5.91 Å².